The quantitative estimate of drug-likeness (QED) is 0.229. The van der Waals surface area contributed by atoms with Crippen LogP contribution < -0.4 is 4.74 Å². The molecule has 3 nitrogen and oxygen atoms in total. The zero-order valence-corrected chi connectivity index (χ0v) is 16.0. The molecule has 0 radical (unpaired) electrons. The number of benzene rings is 1. The summed E-state index contributed by atoms with van der Waals surface area (Å²) in [4.78, 5) is 11.0. The van der Waals surface area contributed by atoms with Crippen LogP contribution in [0.3, 0.4) is 0 Å². The number of hydrogen-bond acceptors (Lipinski definition) is 3. The van der Waals surface area contributed by atoms with Crippen LogP contribution in [-0.4, -0.2) is 19.7 Å². The molecule has 1 aromatic rings. The molecule has 0 unspecified atom stereocenters. The average molecular weight is 347 g/mol. The van der Waals surface area contributed by atoms with Crippen LogP contribution in [0.1, 0.15) is 76.7 Å². The van der Waals surface area contributed by atoms with Gasteiger partial charge in [0.1, 0.15) is 5.75 Å². The molecular formula is C22H34O3. The van der Waals surface area contributed by atoms with E-state index in [2.05, 4.69) is 11.7 Å². The first-order chi connectivity index (χ1) is 12.3. The van der Waals surface area contributed by atoms with Gasteiger partial charge in [-0.1, -0.05) is 76.8 Å². The van der Waals surface area contributed by atoms with Crippen molar-refractivity contribution < 1.29 is 14.3 Å². The van der Waals surface area contributed by atoms with Crippen LogP contribution in [0.25, 0.3) is 6.08 Å². The summed E-state index contributed by atoms with van der Waals surface area (Å²) in [7, 11) is 1.37. The Morgan fingerprint density at radius 3 is 2.00 bits per heavy atom. The van der Waals surface area contributed by atoms with Crippen LogP contribution in [0.4, 0.5) is 0 Å². The van der Waals surface area contributed by atoms with Gasteiger partial charge in [-0.15, -0.1) is 0 Å². The average Bonchev–Trinajstić information content (AvgIpc) is 2.65. The van der Waals surface area contributed by atoms with Crippen LogP contribution in [0.5, 0.6) is 5.75 Å². The van der Waals surface area contributed by atoms with E-state index in [4.69, 9.17) is 4.74 Å². The van der Waals surface area contributed by atoms with Crippen LogP contribution >= 0.6 is 0 Å². The molecule has 1 aromatic carbocycles. The predicted molar refractivity (Wildman–Crippen MR) is 105 cm³/mol. The molecule has 140 valence electrons. The Morgan fingerprint density at radius 1 is 0.880 bits per heavy atom. The smallest absolute Gasteiger partial charge is 0.330 e. The lowest BCUT2D eigenvalue weighted by Crippen LogP contribution is -1.97. The fourth-order valence-electron chi connectivity index (χ4n) is 2.69. The molecule has 0 spiro atoms. The number of hydrogen-bond donors (Lipinski definition) is 0. The van der Waals surface area contributed by atoms with E-state index >= 15 is 0 Å². The Bertz CT molecular complexity index is 477. The highest BCUT2D eigenvalue weighted by molar-refractivity contribution is 5.86. The molecule has 0 atom stereocenters. The molecular weight excluding hydrogens is 312 g/mol. The maximum absolute atomic E-state index is 11.0. The minimum Gasteiger partial charge on any atom is -0.494 e. The first-order valence-corrected chi connectivity index (χ1v) is 9.75. The summed E-state index contributed by atoms with van der Waals surface area (Å²) in [5.74, 6) is 0.535. The van der Waals surface area contributed by atoms with Gasteiger partial charge in [0.15, 0.2) is 0 Å². The van der Waals surface area contributed by atoms with Gasteiger partial charge in [-0.05, 0) is 30.2 Å². The molecule has 0 N–H and O–H groups in total. The molecule has 0 aliphatic carbocycles. The molecule has 0 amide bonds. The minimum absolute atomic E-state index is 0.346. The van der Waals surface area contributed by atoms with Crippen molar-refractivity contribution in [3.63, 3.8) is 0 Å². The number of esters is 1. The van der Waals surface area contributed by atoms with Crippen molar-refractivity contribution >= 4 is 12.0 Å². The third-order valence-electron chi connectivity index (χ3n) is 4.26. The van der Waals surface area contributed by atoms with Gasteiger partial charge in [0.05, 0.1) is 13.7 Å². The molecule has 0 aromatic heterocycles. The molecule has 25 heavy (non-hydrogen) atoms. The van der Waals surface area contributed by atoms with E-state index in [9.17, 15) is 4.79 Å². The molecule has 0 saturated carbocycles. The van der Waals surface area contributed by atoms with Crippen molar-refractivity contribution in [3.8, 4) is 5.75 Å². The van der Waals surface area contributed by atoms with Crippen LogP contribution in [0, 0.1) is 0 Å². The Balaban J connectivity index is 2.03. The number of ether oxygens (including phenoxy) is 2. The third-order valence-corrected chi connectivity index (χ3v) is 4.26. The lowest BCUT2D eigenvalue weighted by molar-refractivity contribution is -0.134. The second kappa shape index (κ2) is 14.6. The molecule has 0 bridgehead atoms. The number of carbonyl (C=O) groups is 1. The van der Waals surface area contributed by atoms with E-state index in [0.717, 1.165) is 24.3 Å². The third kappa shape index (κ3) is 11.4. The lowest BCUT2D eigenvalue weighted by atomic mass is 10.1. The lowest BCUT2D eigenvalue weighted by Gasteiger charge is -2.06. The first-order valence-electron chi connectivity index (χ1n) is 9.75. The van der Waals surface area contributed by atoms with Gasteiger partial charge >= 0.3 is 5.97 Å². The largest absolute Gasteiger partial charge is 0.494 e. The van der Waals surface area contributed by atoms with E-state index < -0.39 is 0 Å². The van der Waals surface area contributed by atoms with E-state index in [-0.39, 0.29) is 5.97 Å². The minimum atomic E-state index is -0.346. The summed E-state index contributed by atoms with van der Waals surface area (Å²) >= 11 is 0. The standard InChI is InChI=1S/C22H34O3/c1-3-4-5-6-7-8-9-10-11-12-19-25-21-16-13-20(14-17-21)15-18-22(23)24-2/h13-18H,3-12,19H2,1-2H3/b18-15+. The molecule has 1 rings (SSSR count). The fraction of sp³-hybridized carbons (Fsp3) is 0.591. The maximum Gasteiger partial charge on any atom is 0.330 e. The van der Waals surface area contributed by atoms with Gasteiger partial charge in [-0.3, -0.25) is 0 Å². The summed E-state index contributed by atoms with van der Waals surface area (Å²) in [5, 5.41) is 0. The fourth-order valence-corrected chi connectivity index (χ4v) is 2.69. The molecule has 0 fully saturated rings. The van der Waals surface area contributed by atoms with Crippen molar-refractivity contribution in [2.75, 3.05) is 13.7 Å². The van der Waals surface area contributed by atoms with E-state index in [0.29, 0.717) is 0 Å². The van der Waals surface area contributed by atoms with Gasteiger partial charge in [-0.25, -0.2) is 4.79 Å². The summed E-state index contributed by atoms with van der Waals surface area (Å²) in [6.07, 6.45) is 16.5. The van der Waals surface area contributed by atoms with Crippen molar-refractivity contribution in [2.45, 2.75) is 71.1 Å². The SMILES string of the molecule is CCCCCCCCCCCCOc1ccc(/C=C/C(=O)OC)cc1. The second-order valence-electron chi connectivity index (χ2n) is 6.46. The normalized spacial score (nSPS) is 11.0. The van der Waals surface area contributed by atoms with Gasteiger partial charge in [0, 0.05) is 6.08 Å². The number of methoxy groups -OCH3 is 1. The van der Waals surface area contributed by atoms with Gasteiger partial charge in [-0.2, -0.15) is 0 Å². The molecule has 3 heteroatoms. The van der Waals surface area contributed by atoms with E-state index in [1.807, 2.05) is 24.3 Å². The monoisotopic (exact) mass is 346 g/mol. The highest BCUT2D eigenvalue weighted by Crippen LogP contribution is 2.15. The van der Waals surface area contributed by atoms with Gasteiger partial charge in [0.25, 0.3) is 0 Å². The van der Waals surface area contributed by atoms with Crippen molar-refractivity contribution in [3.05, 3.63) is 35.9 Å². The Kier molecular flexibility index (Phi) is 12.4. The van der Waals surface area contributed by atoms with E-state index in [1.165, 1.54) is 71.0 Å². The number of carbonyl (C=O) groups excluding carboxylic acids is 1. The van der Waals surface area contributed by atoms with Crippen molar-refractivity contribution in [2.24, 2.45) is 0 Å². The maximum atomic E-state index is 11.0. The van der Waals surface area contributed by atoms with Crippen LogP contribution in [0.15, 0.2) is 30.3 Å². The highest BCUT2D eigenvalue weighted by Gasteiger charge is 1.96. The van der Waals surface area contributed by atoms with Crippen LogP contribution in [0.2, 0.25) is 0 Å². The topological polar surface area (TPSA) is 35.5 Å². The highest BCUT2D eigenvalue weighted by atomic mass is 16.5. The Morgan fingerprint density at radius 2 is 1.44 bits per heavy atom. The van der Waals surface area contributed by atoms with Gasteiger partial charge < -0.3 is 9.47 Å². The summed E-state index contributed by atoms with van der Waals surface area (Å²) < 4.78 is 10.3. The predicted octanol–water partition coefficient (Wildman–Crippen LogP) is 6.17. The second-order valence-corrected chi connectivity index (χ2v) is 6.46. The summed E-state index contributed by atoms with van der Waals surface area (Å²) in [6, 6.07) is 7.75. The number of rotatable bonds is 14. The Hall–Kier alpha value is -1.77. The van der Waals surface area contributed by atoms with Gasteiger partial charge in [0.2, 0.25) is 0 Å². The first kappa shape index (κ1) is 21.3. The zero-order valence-electron chi connectivity index (χ0n) is 16.0. The van der Waals surface area contributed by atoms with Crippen molar-refractivity contribution in [1.29, 1.82) is 0 Å². The summed E-state index contributed by atoms with van der Waals surface area (Å²) in [6.45, 7) is 3.03. The molecule has 0 heterocycles. The van der Waals surface area contributed by atoms with Crippen molar-refractivity contribution in [1.82, 2.24) is 0 Å². The molecule has 0 saturated heterocycles. The zero-order chi connectivity index (χ0) is 18.2. The Labute approximate surface area is 153 Å². The van der Waals surface area contributed by atoms with E-state index in [1.54, 1.807) is 6.08 Å². The molecule has 0 aliphatic rings. The molecule has 0 aliphatic heterocycles. The van der Waals surface area contributed by atoms with Crippen LogP contribution in [-0.2, 0) is 9.53 Å². The number of unbranched alkanes of at least 4 members (excludes halogenated alkanes) is 9. The summed E-state index contributed by atoms with van der Waals surface area (Å²) in [5.41, 5.74) is 0.955.